The average molecular weight is 171 g/mol. The van der Waals surface area contributed by atoms with Crippen LogP contribution in [0.3, 0.4) is 0 Å². The molecule has 3 nitrogen and oxygen atoms in total. The fourth-order valence-electron chi connectivity index (χ4n) is 2.10. The molecular formula is C9H17NO2. The maximum Gasteiger partial charge on any atom is 0.0901 e. The Morgan fingerprint density at radius 1 is 1.42 bits per heavy atom. The van der Waals surface area contributed by atoms with Gasteiger partial charge >= 0.3 is 0 Å². The molecule has 1 spiro atoms. The van der Waals surface area contributed by atoms with Gasteiger partial charge in [0, 0.05) is 26.1 Å². The highest BCUT2D eigenvalue weighted by Crippen LogP contribution is 2.36. The lowest BCUT2D eigenvalue weighted by Crippen LogP contribution is -2.66. The van der Waals surface area contributed by atoms with Gasteiger partial charge in [0.25, 0.3) is 0 Å². The van der Waals surface area contributed by atoms with Crippen molar-refractivity contribution in [2.24, 2.45) is 0 Å². The number of likely N-dealkylation sites (N-methyl/N-ethyl adjacent to an activating group) is 1. The molecule has 12 heavy (non-hydrogen) atoms. The van der Waals surface area contributed by atoms with E-state index < -0.39 is 0 Å². The Balaban J connectivity index is 1.91. The molecule has 0 aliphatic carbocycles. The predicted octanol–water partition coefficient (Wildman–Crippen LogP) is 0.544. The monoisotopic (exact) mass is 171 g/mol. The Morgan fingerprint density at radius 3 is 2.67 bits per heavy atom. The van der Waals surface area contributed by atoms with Gasteiger partial charge < -0.3 is 14.8 Å². The standard InChI is InChI=1S/C9H17NO2/c1-2-10-8-7-12-9(8)3-5-11-6-4-9/h8,10H,2-7H2,1H3. The first-order chi connectivity index (χ1) is 5.87. The number of ether oxygens (including phenoxy) is 2. The Labute approximate surface area is 73.4 Å². The molecule has 0 aromatic heterocycles. The molecule has 2 aliphatic rings. The van der Waals surface area contributed by atoms with Crippen LogP contribution in [0.4, 0.5) is 0 Å². The molecule has 70 valence electrons. The first-order valence-electron chi connectivity index (χ1n) is 4.82. The van der Waals surface area contributed by atoms with Crippen LogP contribution in [-0.2, 0) is 9.47 Å². The minimum absolute atomic E-state index is 0.133. The molecule has 1 N–H and O–H groups in total. The van der Waals surface area contributed by atoms with E-state index in [-0.39, 0.29) is 5.60 Å². The largest absolute Gasteiger partial charge is 0.381 e. The molecular weight excluding hydrogens is 154 g/mol. The zero-order chi connectivity index (χ0) is 8.44. The Kier molecular flexibility index (Phi) is 2.35. The van der Waals surface area contributed by atoms with Crippen molar-refractivity contribution in [2.75, 3.05) is 26.4 Å². The lowest BCUT2D eigenvalue weighted by Gasteiger charge is -2.51. The molecule has 2 fully saturated rings. The van der Waals surface area contributed by atoms with Crippen LogP contribution in [0.25, 0.3) is 0 Å². The zero-order valence-electron chi connectivity index (χ0n) is 7.64. The Bertz CT molecular complexity index is 155. The van der Waals surface area contributed by atoms with Crippen molar-refractivity contribution in [3.63, 3.8) is 0 Å². The van der Waals surface area contributed by atoms with E-state index in [1.54, 1.807) is 0 Å². The summed E-state index contributed by atoms with van der Waals surface area (Å²) in [6.45, 7) is 5.79. The minimum atomic E-state index is 0.133. The summed E-state index contributed by atoms with van der Waals surface area (Å²) in [5, 5.41) is 3.46. The zero-order valence-corrected chi connectivity index (χ0v) is 7.64. The SMILES string of the molecule is CCNC1COC12CCOCC2. The second-order valence-electron chi connectivity index (χ2n) is 3.60. The van der Waals surface area contributed by atoms with Gasteiger partial charge in [-0.1, -0.05) is 6.92 Å². The third-order valence-corrected chi connectivity index (χ3v) is 2.96. The molecule has 0 saturated carbocycles. The number of rotatable bonds is 2. The van der Waals surface area contributed by atoms with E-state index in [0.717, 1.165) is 39.2 Å². The van der Waals surface area contributed by atoms with Crippen LogP contribution in [0.1, 0.15) is 19.8 Å². The number of nitrogens with one attached hydrogen (secondary N) is 1. The summed E-state index contributed by atoms with van der Waals surface area (Å²) in [6, 6.07) is 0.575. The van der Waals surface area contributed by atoms with Crippen molar-refractivity contribution in [3.8, 4) is 0 Å². The molecule has 1 unspecified atom stereocenters. The van der Waals surface area contributed by atoms with Gasteiger partial charge in [-0.2, -0.15) is 0 Å². The normalized spacial score (nSPS) is 33.2. The van der Waals surface area contributed by atoms with Gasteiger partial charge in [-0.15, -0.1) is 0 Å². The van der Waals surface area contributed by atoms with E-state index in [1.165, 1.54) is 0 Å². The van der Waals surface area contributed by atoms with E-state index >= 15 is 0 Å². The highest BCUT2D eigenvalue weighted by Gasteiger charge is 2.48. The lowest BCUT2D eigenvalue weighted by atomic mass is 9.82. The van der Waals surface area contributed by atoms with Crippen molar-refractivity contribution >= 4 is 0 Å². The van der Waals surface area contributed by atoms with Crippen molar-refractivity contribution in [1.29, 1.82) is 0 Å². The van der Waals surface area contributed by atoms with Crippen LogP contribution in [0, 0.1) is 0 Å². The maximum atomic E-state index is 5.68. The van der Waals surface area contributed by atoms with Gasteiger partial charge in [0.2, 0.25) is 0 Å². The number of hydrogen-bond acceptors (Lipinski definition) is 3. The summed E-state index contributed by atoms with van der Waals surface area (Å²) >= 11 is 0. The average Bonchev–Trinajstić information content (AvgIpc) is 2.14. The van der Waals surface area contributed by atoms with Crippen LogP contribution < -0.4 is 5.32 Å². The molecule has 0 bridgehead atoms. The molecule has 0 radical (unpaired) electrons. The van der Waals surface area contributed by atoms with Crippen molar-refractivity contribution in [1.82, 2.24) is 5.32 Å². The summed E-state index contributed by atoms with van der Waals surface area (Å²) in [6.07, 6.45) is 2.12. The third kappa shape index (κ3) is 1.26. The highest BCUT2D eigenvalue weighted by atomic mass is 16.5. The molecule has 2 saturated heterocycles. The van der Waals surface area contributed by atoms with E-state index in [9.17, 15) is 0 Å². The predicted molar refractivity (Wildman–Crippen MR) is 46.2 cm³/mol. The summed E-state index contributed by atoms with van der Waals surface area (Å²) in [7, 11) is 0. The van der Waals surface area contributed by atoms with E-state index in [1.807, 2.05) is 0 Å². The van der Waals surface area contributed by atoms with Gasteiger partial charge in [-0.3, -0.25) is 0 Å². The van der Waals surface area contributed by atoms with Crippen LogP contribution >= 0.6 is 0 Å². The van der Waals surface area contributed by atoms with Gasteiger partial charge in [0.05, 0.1) is 18.2 Å². The number of hydrogen-bond donors (Lipinski definition) is 1. The second kappa shape index (κ2) is 3.32. The Morgan fingerprint density at radius 2 is 2.17 bits per heavy atom. The third-order valence-electron chi connectivity index (χ3n) is 2.96. The van der Waals surface area contributed by atoms with Crippen LogP contribution in [0.5, 0.6) is 0 Å². The molecule has 0 amide bonds. The molecule has 2 aliphatic heterocycles. The molecule has 0 aromatic rings. The maximum absolute atomic E-state index is 5.68. The van der Waals surface area contributed by atoms with Gasteiger partial charge in [-0.25, -0.2) is 0 Å². The van der Waals surface area contributed by atoms with Crippen LogP contribution in [0.2, 0.25) is 0 Å². The fourth-order valence-corrected chi connectivity index (χ4v) is 2.10. The van der Waals surface area contributed by atoms with Crippen molar-refractivity contribution < 1.29 is 9.47 Å². The van der Waals surface area contributed by atoms with Crippen LogP contribution in [0.15, 0.2) is 0 Å². The summed E-state index contributed by atoms with van der Waals surface area (Å²) in [5.41, 5.74) is 0.133. The molecule has 0 aromatic carbocycles. The molecule has 2 rings (SSSR count). The molecule has 2 heterocycles. The summed E-state index contributed by atoms with van der Waals surface area (Å²) in [4.78, 5) is 0. The molecule has 3 heteroatoms. The van der Waals surface area contributed by atoms with E-state index in [2.05, 4.69) is 12.2 Å². The first-order valence-corrected chi connectivity index (χ1v) is 4.82. The van der Waals surface area contributed by atoms with Crippen molar-refractivity contribution in [2.45, 2.75) is 31.4 Å². The van der Waals surface area contributed by atoms with Crippen LogP contribution in [-0.4, -0.2) is 38.0 Å². The Hall–Kier alpha value is -0.120. The topological polar surface area (TPSA) is 30.5 Å². The smallest absolute Gasteiger partial charge is 0.0901 e. The molecule has 1 atom stereocenters. The fraction of sp³-hybridized carbons (Fsp3) is 1.00. The van der Waals surface area contributed by atoms with Gasteiger partial charge in [-0.05, 0) is 6.54 Å². The summed E-state index contributed by atoms with van der Waals surface area (Å²) in [5.74, 6) is 0. The van der Waals surface area contributed by atoms with Gasteiger partial charge in [0.1, 0.15) is 0 Å². The lowest BCUT2D eigenvalue weighted by molar-refractivity contribution is -0.213. The summed E-state index contributed by atoms with van der Waals surface area (Å²) < 4.78 is 11.0. The quantitative estimate of drug-likeness (QED) is 0.658. The van der Waals surface area contributed by atoms with E-state index in [0.29, 0.717) is 6.04 Å². The highest BCUT2D eigenvalue weighted by molar-refractivity contribution is 5.01. The first kappa shape index (κ1) is 8.48. The second-order valence-corrected chi connectivity index (χ2v) is 3.60. The van der Waals surface area contributed by atoms with Crippen molar-refractivity contribution in [3.05, 3.63) is 0 Å². The van der Waals surface area contributed by atoms with E-state index in [4.69, 9.17) is 9.47 Å². The minimum Gasteiger partial charge on any atom is -0.381 e. The van der Waals surface area contributed by atoms with Gasteiger partial charge in [0.15, 0.2) is 0 Å².